The van der Waals surface area contributed by atoms with Gasteiger partial charge in [-0.1, -0.05) is 299 Å². The van der Waals surface area contributed by atoms with Crippen LogP contribution in [0.15, 0.2) is 203 Å². The number of esters is 3. The molecule has 5 atom stereocenters. The number of hydrogen-bond donors (Lipinski definition) is 2. The van der Waals surface area contributed by atoms with Gasteiger partial charge in [0.25, 0.3) is 6.10 Å². The minimum Gasteiger partial charge on any atom is -0.743 e. The molecule has 20 heteroatoms. The minimum absolute atomic E-state index is 0. The molecule has 6 saturated carbocycles. The second kappa shape index (κ2) is 64.4. The van der Waals surface area contributed by atoms with Crippen LogP contribution in [0.4, 0.5) is 22.0 Å². The maximum Gasteiger partial charge on any atom is 0.432 e. The quantitative estimate of drug-likeness (QED) is 0.0130. The SMILES string of the molecule is C.C.C.C.C.C.C.C.C.C.C.C.CCC(C)(C)C(=O)OC(C(F)(F)F)C(F)(F)S(=O)(=O)[O-].CCC(C)(C)C(=O)OC1(C)CCCCC1.CCC(C)(C)C(=O)OC1(CC)C2CC3CC(C2)CC1C3.CCC(C)c1ccc(-c2ccc(O)cc2)cc1.CCC(C)c1ccc(O)cc1.CCC(C)c1ccc(OC(C)OC2CCCCC2)cc1.c1ccc([S+](c2ccccc2)c2ccccc2)cc1. The number of phenols is 2. The summed E-state index contributed by atoms with van der Waals surface area (Å²) in [5.74, 6) is 4.82. The molecule has 5 unspecified atom stereocenters. The number of carbonyl (C=O) groups is 3. The normalized spacial score (nSPS) is 18.2. The number of ether oxygens (including phenoxy) is 5. The summed E-state index contributed by atoms with van der Waals surface area (Å²) < 4.78 is 122. The van der Waals surface area contributed by atoms with E-state index in [1.165, 1.54) is 140 Å². The van der Waals surface area contributed by atoms with Gasteiger partial charge in [0.05, 0.1) is 33.2 Å². The second-order valence-corrected chi connectivity index (χ2v) is 39.5. The molecule has 0 heterocycles. The summed E-state index contributed by atoms with van der Waals surface area (Å²) in [4.78, 5) is 40.0. The molecule has 0 amide bonds. The standard InChI is InChI=1S/C18H30O2.C18H28O2.C18H15S.C16H18O.C13H24O2.C10H14O.C9H13F5O5S.12CH4/c1-5-17(3,4)16(19)20-18(6-2)14-8-12-7-13(10-14)11-15(18)9-12;1-4-14(2)16-10-12-18(13-11-16)20-15(3)19-17-8-6-5-7-9-17;1-4-10-16(11-5-1)19(17-12-6-2-7-13-17)18-14-8-3-9-15-18;1-3-12(2)13-4-6-14(7-5-13)15-8-10-16(17)11-9-15;1-5-12(2,3)11(14)15-13(4)9-7-6-8-10-13;1-3-8(2)9-4-6-10(11)7-5-9;1-4-7(2,3)6(15)19-5(8(10,11)12)9(13,14)20(16,17)18;;;;;;;;;;;;/h12-15H,5-11H2,1-4H3;10-15,17H,4-9H2,1-3H3;1-15H;4-12,17H,3H2,1-2H3;5-10H2,1-4H3;4-8,11H,3H2,1-2H3;5H,4H2,1-3H3,(H,16,17,18);12*1H4/q;;+1;;;;;;;;;;;;;;;;/p-1. The molecule has 7 aromatic rings. The van der Waals surface area contributed by atoms with Crippen LogP contribution < -0.4 is 4.74 Å². The van der Waals surface area contributed by atoms with E-state index in [0.29, 0.717) is 47.2 Å². The average Bonchev–Trinajstić information content (AvgIpc) is 0.724. The van der Waals surface area contributed by atoms with Crippen molar-refractivity contribution in [1.29, 1.82) is 0 Å². The van der Waals surface area contributed by atoms with Gasteiger partial charge >= 0.3 is 29.3 Å². The predicted octanol–water partition coefficient (Wildman–Crippen LogP) is 35.5. The van der Waals surface area contributed by atoms with Crippen molar-refractivity contribution >= 4 is 38.9 Å². The first-order valence-electron chi connectivity index (χ1n) is 44.5. The lowest BCUT2D eigenvalue weighted by molar-refractivity contribution is -0.262. The van der Waals surface area contributed by atoms with Gasteiger partial charge in [-0.15, -0.1) is 0 Å². The Morgan fingerprint density at radius 2 is 0.754 bits per heavy atom. The molecule has 0 radical (unpaired) electrons. The van der Waals surface area contributed by atoms with Gasteiger partial charge in [0, 0.05) is 0 Å². The summed E-state index contributed by atoms with van der Waals surface area (Å²) in [7, 11) is -6.68. The Kier molecular flexibility index (Phi) is 66.9. The molecule has 13 nitrogen and oxygen atoms in total. The molecule has 0 spiro atoms. The van der Waals surface area contributed by atoms with E-state index in [0.717, 1.165) is 75.5 Å². The van der Waals surface area contributed by atoms with Gasteiger partial charge < -0.3 is 38.5 Å². The van der Waals surface area contributed by atoms with E-state index in [9.17, 15) is 54.4 Å². The highest BCUT2D eigenvalue weighted by atomic mass is 32.2. The zero-order valence-electron chi connectivity index (χ0n) is 75.8. The molecule has 0 aromatic heterocycles. The molecule has 2 N–H and O–H groups in total. The molecule has 0 saturated heterocycles. The molecule has 770 valence electrons. The van der Waals surface area contributed by atoms with E-state index in [1.54, 1.807) is 24.3 Å². The minimum atomic E-state index is -6.66. The molecule has 6 aliphatic carbocycles. The Labute approximate surface area is 818 Å². The molecule has 0 aliphatic heterocycles. The number of aromatic hydroxyl groups is 2. The third kappa shape index (κ3) is 41.5. The largest absolute Gasteiger partial charge is 0.743 e. The van der Waals surface area contributed by atoms with Gasteiger partial charge in [-0.05, 0) is 313 Å². The fourth-order valence-electron chi connectivity index (χ4n) is 15.8. The van der Waals surface area contributed by atoms with Gasteiger partial charge in [0.2, 0.25) is 0 Å². The number of carbonyl (C=O) groups excluding carboxylic acids is 3. The molecule has 4 bridgehead atoms. The van der Waals surface area contributed by atoms with Crippen LogP contribution in [-0.2, 0) is 54.3 Å². The maximum absolute atomic E-state index is 13.0. The smallest absolute Gasteiger partial charge is 0.432 e. The van der Waals surface area contributed by atoms with Gasteiger partial charge in [-0.3, -0.25) is 14.4 Å². The second-order valence-electron chi connectivity index (χ2n) is 36.0. The average molecular weight is 1930 g/mol. The summed E-state index contributed by atoms with van der Waals surface area (Å²) in [6.45, 7) is 35.3. The molecular formula is C114H189F5O13S2. The van der Waals surface area contributed by atoms with Gasteiger partial charge in [0.15, 0.2) is 31.1 Å². The zero-order chi connectivity index (χ0) is 90.4. The third-order valence-electron chi connectivity index (χ3n) is 25.7. The Balaban J connectivity index is -0.000000278. The maximum atomic E-state index is 13.0. The number of rotatable bonds is 26. The Morgan fingerprint density at radius 3 is 1.08 bits per heavy atom. The Hall–Kier alpha value is -7.78. The number of alkyl halides is 5. The first-order valence-corrected chi connectivity index (χ1v) is 47.2. The van der Waals surface area contributed by atoms with Crippen molar-refractivity contribution in [3.8, 4) is 28.4 Å². The highest BCUT2D eigenvalue weighted by Crippen LogP contribution is 2.61. The van der Waals surface area contributed by atoms with Crippen molar-refractivity contribution < 1.29 is 83.2 Å². The number of hydrogen-bond acceptors (Lipinski definition) is 13. The van der Waals surface area contributed by atoms with Crippen LogP contribution in [-0.4, -0.2) is 82.2 Å². The lowest BCUT2D eigenvalue weighted by Gasteiger charge is -2.60. The fraction of sp³-hybridized carbons (Fsp3) is 0.605. The molecule has 6 aliphatic rings. The van der Waals surface area contributed by atoms with E-state index < -0.39 is 39.0 Å². The summed E-state index contributed by atoms with van der Waals surface area (Å²) >= 11 is 0. The number of benzene rings is 7. The third-order valence-corrected chi connectivity index (χ3v) is 28.8. The van der Waals surface area contributed by atoms with Gasteiger partial charge in [0.1, 0.15) is 28.5 Å². The summed E-state index contributed by atoms with van der Waals surface area (Å²) in [6, 6.07) is 64.0. The van der Waals surface area contributed by atoms with E-state index in [1.807, 2.05) is 65.8 Å². The first kappa shape index (κ1) is 139. The number of halogens is 5. The Morgan fingerprint density at radius 1 is 0.440 bits per heavy atom. The van der Waals surface area contributed by atoms with Crippen LogP contribution in [0.3, 0.4) is 0 Å². The monoisotopic (exact) mass is 1930 g/mol. The summed E-state index contributed by atoms with van der Waals surface area (Å²) in [5.41, 5.74) is 3.85. The molecule has 134 heavy (non-hydrogen) atoms. The zero-order valence-corrected chi connectivity index (χ0v) is 77.5. The van der Waals surface area contributed by atoms with Crippen LogP contribution in [0.2, 0.25) is 0 Å². The van der Waals surface area contributed by atoms with Crippen LogP contribution >= 0.6 is 0 Å². The van der Waals surface area contributed by atoms with Crippen molar-refractivity contribution in [1.82, 2.24) is 0 Å². The van der Waals surface area contributed by atoms with Gasteiger partial charge in [-0.25, -0.2) is 8.42 Å². The lowest BCUT2D eigenvalue weighted by atomic mass is 9.49. The number of phenolic OH excluding ortho intramolecular Hbond substituents is 2. The Bertz CT molecular complexity index is 4200. The molecule has 6 fully saturated rings. The highest BCUT2D eigenvalue weighted by Gasteiger charge is 2.64. The lowest BCUT2D eigenvalue weighted by Crippen LogP contribution is -2.60. The fourth-order valence-corrected chi connectivity index (χ4v) is 18.4. The molecule has 7 aromatic carbocycles. The van der Waals surface area contributed by atoms with Crippen LogP contribution in [0.1, 0.15) is 389 Å². The van der Waals surface area contributed by atoms with Crippen molar-refractivity contribution in [3.63, 3.8) is 0 Å². The van der Waals surface area contributed by atoms with Crippen molar-refractivity contribution in [2.75, 3.05) is 0 Å². The highest BCUT2D eigenvalue weighted by molar-refractivity contribution is 7.97. The van der Waals surface area contributed by atoms with E-state index >= 15 is 0 Å². The van der Waals surface area contributed by atoms with Crippen LogP contribution in [0, 0.1) is 39.9 Å². The van der Waals surface area contributed by atoms with Crippen LogP contribution in [0.5, 0.6) is 17.2 Å². The van der Waals surface area contributed by atoms with Crippen molar-refractivity contribution in [2.24, 2.45) is 39.9 Å². The summed E-state index contributed by atoms with van der Waals surface area (Å²) in [5, 5.41) is 12.4. The first-order chi connectivity index (χ1) is 57.4. The predicted molar refractivity (Wildman–Crippen MR) is 561 cm³/mol. The van der Waals surface area contributed by atoms with Crippen molar-refractivity contribution in [2.45, 2.75) is 429 Å². The summed E-state index contributed by atoms with van der Waals surface area (Å²) in [6.07, 6.45) is 14.8. The van der Waals surface area contributed by atoms with Gasteiger partial charge in [-0.2, -0.15) is 22.0 Å². The molecule has 13 rings (SSSR count). The van der Waals surface area contributed by atoms with Crippen LogP contribution in [0.25, 0.3) is 11.1 Å². The van der Waals surface area contributed by atoms with E-state index in [4.69, 9.17) is 24.1 Å². The molecular weight excluding hydrogens is 1740 g/mol. The van der Waals surface area contributed by atoms with E-state index in [2.05, 4.69) is 207 Å². The topological polar surface area (TPSA) is 195 Å². The van der Waals surface area contributed by atoms with Crippen molar-refractivity contribution in [3.05, 3.63) is 205 Å². The van der Waals surface area contributed by atoms with E-state index in [-0.39, 0.29) is 147 Å².